The largest absolute Gasteiger partial charge is 0.497 e. The lowest BCUT2D eigenvalue weighted by atomic mass is 10.1. The molecule has 5 heteroatoms. The highest BCUT2D eigenvalue weighted by molar-refractivity contribution is 6.11. The molecule has 0 saturated carbocycles. The maximum absolute atomic E-state index is 12.9. The molecule has 3 rings (SSSR count). The summed E-state index contributed by atoms with van der Waals surface area (Å²) < 4.78 is 11.1. The van der Waals surface area contributed by atoms with Crippen LogP contribution in [0.1, 0.15) is 56.0 Å². The van der Waals surface area contributed by atoms with E-state index in [2.05, 4.69) is 17.6 Å². The summed E-state index contributed by atoms with van der Waals surface area (Å²) in [7, 11) is 1.61. The molecule has 5 nitrogen and oxygen atoms in total. The molecule has 0 aliphatic carbocycles. The minimum Gasteiger partial charge on any atom is -0.497 e. The number of nitrogens with one attached hydrogen (secondary N) is 2. The molecule has 2 aromatic carbocycles. The van der Waals surface area contributed by atoms with Gasteiger partial charge in [-0.05, 0) is 42.8 Å². The van der Waals surface area contributed by atoms with Gasteiger partial charge in [0, 0.05) is 17.6 Å². The Labute approximate surface area is 172 Å². The average molecular weight is 395 g/mol. The number of benzene rings is 2. The number of furan rings is 1. The van der Waals surface area contributed by atoms with Crippen molar-refractivity contribution in [2.75, 3.05) is 24.3 Å². The number of carbonyl (C=O) groups excluding carboxylic acids is 1. The second-order valence-corrected chi connectivity index (χ2v) is 7.18. The molecular weight excluding hydrogens is 364 g/mol. The van der Waals surface area contributed by atoms with E-state index in [9.17, 15) is 4.79 Å². The molecule has 1 amide bonds. The number of hydrogen-bond donors (Lipinski definition) is 2. The van der Waals surface area contributed by atoms with Crippen molar-refractivity contribution in [3.05, 3.63) is 54.3 Å². The van der Waals surface area contributed by atoms with Crippen molar-refractivity contribution in [1.82, 2.24) is 0 Å². The minimum atomic E-state index is -0.267. The summed E-state index contributed by atoms with van der Waals surface area (Å²) in [5, 5.41) is 7.27. The van der Waals surface area contributed by atoms with E-state index in [-0.39, 0.29) is 5.91 Å². The van der Waals surface area contributed by atoms with Gasteiger partial charge >= 0.3 is 0 Å². The van der Waals surface area contributed by atoms with E-state index < -0.39 is 0 Å². The quantitative estimate of drug-likeness (QED) is 0.366. The van der Waals surface area contributed by atoms with E-state index in [1.54, 1.807) is 7.11 Å². The molecule has 0 aliphatic heterocycles. The zero-order valence-electron chi connectivity index (χ0n) is 17.3. The first-order chi connectivity index (χ1) is 14.2. The second-order valence-electron chi connectivity index (χ2n) is 7.18. The van der Waals surface area contributed by atoms with Gasteiger partial charge in [0.2, 0.25) is 5.76 Å². The van der Waals surface area contributed by atoms with Crippen LogP contribution in [0.5, 0.6) is 5.75 Å². The van der Waals surface area contributed by atoms with E-state index >= 15 is 0 Å². The summed E-state index contributed by atoms with van der Waals surface area (Å²) in [4.78, 5) is 12.9. The number of carbonyl (C=O) groups is 1. The molecule has 0 aliphatic rings. The summed E-state index contributed by atoms with van der Waals surface area (Å²) in [6.45, 7) is 3.04. The van der Waals surface area contributed by atoms with Gasteiger partial charge in [0.25, 0.3) is 5.91 Å². The Morgan fingerprint density at radius 3 is 2.45 bits per heavy atom. The van der Waals surface area contributed by atoms with Gasteiger partial charge < -0.3 is 19.8 Å². The van der Waals surface area contributed by atoms with Crippen molar-refractivity contribution in [2.45, 2.75) is 45.4 Å². The molecule has 29 heavy (non-hydrogen) atoms. The molecule has 0 fully saturated rings. The Hall–Kier alpha value is -2.95. The minimum absolute atomic E-state index is 0.267. The molecule has 0 unspecified atom stereocenters. The predicted octanol–water partition coefficient (Wildman–Crippen LogP) is 6.47. The van der Waals surface area contributed by atoms with Crippen LogP contribution in [0, 0.1) is 0 Å². The van der Waals surface area contributed by atoms with E-state index in [0.29, 0.717) is 17.0 Å². The number of para-hydroxylation sites is 1. The van der Waals surface area contributed by atoms with E-state index in [4.69, 9.17) is 9.15 Å². The molecular formula is C24H30N2O3. The fraction of sp³-hybridized carbons (Fsp3) is 0.375. The summed E-state index contributed by atoms with van der Waals surface area (Å²) >= 11 is 0. The Balaban J connectivity index is 1.69. The summed E-state index contributed by atoms with van der Waals surface area (Å²) in [6, 6.07) is 15.0. The molecule has 0 atom stereocenters. The predicted molar refractivity (Wildman–Crippen MR) is 119 cm³/mol. The zero-order valence-corrected chi connectivity index (χ0v) is 17.3. The SMILES string of the molecule is CCCCCCCCNc1c(C(=O)Nc2ccc(OC)cc2)oc2ccccc12. The van der Waals surface area contributed by atoms with Gasteiger partial charge in [-0.15, -0.1) is 0 Å². The second kappa shape index (κ2) is 10.6. The van der Waals surface area contributed by atoms with Crippen molar-refractivity contribution >= 4 is 28.3 Å². The Kier molecular flexibility index (Phi) is 7.56. The first-order valence-corrected chi connectivity index (χ1v) is 10.4. The molecule has 0 saturated heterocycles. The Morgan fingerprint density at radius 2 is 1.69 bits per heavy atom. The number of unbranched alkanes of at least 4 members (excludes halogenated alkanes) is 5. The Morgan fingerprint density at radius 1 is 0.966 bits per heavy atom. The van der Waals surface area contributed by atoms with Gasteiger partial charge in [0.05, 0.1) is 12.8 Å². The van der Waals surface area contributed by atoms with Crippen LogP contribution in [0.3, 0.4) is 0 Å². The number of rotatable bonds is 11. The van der Waals surface area contributed by atoms with Gasteiger partial charge in [-0.25, -0.2) is 0 Å². The molecule has 1 heterocycles. The van der Waals surface area contributed by atoms with E-state index in [1.165, 1.54) is 32.1 Å². The first-order valence-electron chi connectivity index (χ1n) is 10.4. The zero-order chi connectivity index (χ0) is 20.5. The average Bonchev–Trinajstić information content (AvgIpc) is 3.12. The van der Waals surface area contributed by atoms with Crippen LogP contribution in [0.15, 0.2) is 52.9 Å². The Bertz CT molecular complexity index is 916. The molecule has 0 bridgehead atoms. The molecule has 1 aromatic heterocycles. The van der Waals surface area contributed by atoms with Crippen molar-refractivity contribution in [1.29, 1.82) is 0 Å². The van der Waals surface area contributed by atoms with Gasteiger partial charge in [0.1, 0.15) is 11.3 Å². The van der Waals surface area contributed by atoms with Gasteiger partial charge in [-0.3, -0.25) is 4.79 Å². The van der Waals surface area contributed by atoms with Crippen LogP contribution in [0.25, 0.3) is 11.0 Å². The number of fused-ring (bicyclic) bond motifs is 1. The summed E-state index contributed by atoms with van der Waals surface area (Å²) in [6.07, 6.45) is 7.37. The number of methoxy groups -OCH3 is 1. The fourth-order valence-electron chi connectivity index (χ4n) is 3.36. The van der Waals surface area contributed by atoms with E-state index in [0.717, 1.165) is 29.8 Å². The van der Waals surface area contributed by atoms with E-state index in [1.807, 2.05) is 48.5 Å². The lowest BCUT2D eigenvalue weighted by molar-refractivity contribution is 0.0999. The number of hydrogen-bond acceptors (Lipinski definition) is 4. The highest BCUT2D eigenvalue weighted by atomic mass is 16.5. The standard InChI is InChI=1S/C24H30N2O3/c1-3-4-5-6-7-10-17-25-22-20-11-8-9-12-21(20)29-23(22)24(27)26-18-13-15-19(28-2)16-14-18/h8-9,11-16,25H,3-7,10,17H2,1-2H3,(H,26,27). The molecule has 154 valence electrons. The van der Waals surface area contributed by atoms with Crippen LogP contribution in [0.2, 0.25) is 0 Å². The third-order valence-electron chi connectivity index (χ3n) is 4.98. The third kappa shape index (κ3) is 5.53. The normalized spacial score (nSPS) is 10.8. The number of amides is 1. The molecule has 0 radical (unpaired) electrons. The summed E-state index contributed by atoms with van der Waals surface area (Å²) in [5.74, 6) is 0.790. The van der Waals surface area contributed by atoms with Crippen molar-refractivity contribution in [3.8, 4) is 5.75 Å². The molecule has 3 aromatic rings. The maximum Gasteiger partial charge on any atom is 0.293 e. The third-order valence-corrected chi connectivity index (χ3v) is 4.98. The number of anilines is 2. The highest BCUT2D eigenvalue weighted by Gasteiger charge is 2.20. The number of ether oxygens (including phenoxy) is 1. The van der Waals surface area contributed by atoms with Crippen molar-refractivity contribution in [3.63, 3.8) is 0 Å². The smallest absolute Gasteiger partial charge is 0.293 e. The lowest BCUT2D eigenvalue weighted by Crippen LogP contribution is -2.14. The van der Waals surface area contributed by atoms with Crippen molar-refractivity contribution in [2.24, 2.45) is 0 Å². The van der Waals surface area contributed by atoms with Crippen molar-refractivity contribution < 1.29 is 13.9 Å². The highest BCUT2D eigenvalue weighted by Crippen LogP contribution is 2.31. The first kappa shape index (κ1) is 20.8. The fourth-order valence-corrected chi connectivity index (χ4v) is 3.36. The van der Waals surface area contributed by atoms with Gasteiger partial charge in [-0.2, -0.15) is 0 Å². The molecule has 2 N–H and O–H groups in total. The van der Waals surface area contributed by atoms with Crippen LogP contribution >= 0.6 is 0 Å². The van der Waals surface area contributed by atoms with Gasteiger partial charge in [-0.1, -0.05) is 51.2 Å². The maximum atomic E-state index is 12.9. The van der Waals surface area contributed by atoms with Crippen LogP contribution in [-0.2, 0) is 0 Å². The monoisotopic (exact) mass is 394 g/mol. The lowest BCUT2D eigenvalue weighted by Gasteiger charge is -2.09. The van der Waals surface area contributed by atoms with Crippen LogP contribution < -0.4 is 15.4 Å². The topological polar surface area (TPSA) is 63.5 Å². The van der Waals surface area contributed by atoms with Gasteiger partial charge in [0.15, 0.2) is 0 Å². The summed E-state index contributed by atoms with van der Waals surface area (Å²) in [5.41, 5.74) is 2.16. The molecule has 0 spiro atoms. The van der Waals surface area contributed by atoms with Crippen LogP contribution in [0.4, 0.5) is 11.4 Å². The van der Waals surface area contributed by atoms with Crippen LogP contribution in [-0.4, -0.2) is 19.6 Å².